The van der Waals surface area contributed by atoms with Crippen molar-refractivity contribution in [2.45, 2.75) is 26.2 Å². The quantitative estimate of drug-likeness (QED) is 0.746. The molecule has 0 unspecified atom stereocenters. The highest BCUT2D eigenvalue weighted by atomic mass is 32.2. The Kier molecular flexibility index (Phi) is 6.29. The number of nitrogens with one attached hydrogen (secondary N) is 1. The highest BCUT2D eigenvalue weighted by molar-refractivity contribution is 7.99. The van der Waals surface area contributed by atoms with Crippen LogP contribution in [0.3, 0.4) is 0 Å². The van der Waals surface area contributed by atoms with Crippen LogP contribution in [0.2, 0.25) is 0 Å². The van der Waals surface area contributed by atoms with Crippen molar-refractivity contribution in [3.05, 3.63) is 0 Å². The second kappa shape index (κ2) is 7.73. The molecule has 2 aliphatic heterocycles. The maximum atomic E-state index is 5.57. The first-order valence-electron chi connectivity index (χ1n) is 7.43. The van der Waals surface area contributed by atoms with Gasteiger partial charge in [-0.15, -0.1) is 0 Å². The fraction of sp³-hybridized carbons (Fsp3) is 1.00. The molecule has 0 aromatic heterocycles. The molecule has 4 heteroatoms. The topological polar surface area (TPSA) is 24.5 Å². The van der Waals surface area contributed by atoms with Gasteiger partial charge in [-0.1, -0.05) is 6.92 Å². The summed E-state index contributed by atoms with van der Waals surface area (Å²) in [6, 6.07) is 0. The Morgan fingerprint density at radius 3 is 2.61 bits per heavy atom. The van der Waals surface area contributed by atoms with Crippen LogP contribution in [0.5, 0.6) is 0 Å². The van der Waals surface area contributed by atoms with Crippen molar-refractivity contribution in [3.63, 3.8) is 0 Å². The van der Waals surface area contributed by atoms with Crippen LogP contribution < -0.4 is 5.32 Å². The third kappa shape index (κ3) is 4.41. The summed E-state index contributed by atoms with van der Waals surface area (Å²) in [6.45, 7) is 10.3. The average molecular weight is 272 g/mol. The van der Waals surface area contributed by atoms with Crippen LogP contribution in [0.15, 0.2) is 0 Å². The summed E-state index contributed by atoms with van der Waals surface area (Å²) in [6.07, 6.45) is 3.69. The first-order chi connectivity index (χ1) is 8.85. The fourth-order valence-corrected chi connectivity index (χ4v) is 3.94. The van der Waals surface area contributed by atoms with E-state index in [0.29, 0.717) is 5.41 Å². The first-order valence-corrected chi connectivity index (χ1v) is 8.59. The van der Waals surface area contributed by atoms with Gasteiger partial charge in [-0.25, -0.2) is 0 Å². The van der Waals surface area contributed by atoms with Crippen LogP contribution in [0.4, 0.5) is 0 Å². The van der Waals surface area contributed by atoms with Crippen molar-refractivity contribution >= 4 is 11.8 Å². The minimum absolute atomic E-state index is 0.468. The van der Waals surface area contributed by atoms with Crippen molar-refractivity contribution in [1.29, 1.82) is 0 Å². The molecule has 2 fully saturated rings. The largest absolute Gasteiger partial charge is 0.381 e. The molecule has 2 heterocycles. The Balaban J connectivity index is 1.85. The summed E-state index contributed by atoms with van der Waals surface area (Å²) in [5.74, 6) is 2.63. The maximum absolute atomic E-state index is 5.57. The third-order valence-corrected chi connectivity index (χ3v) is 5.09. The lowest BCUT2D eigenvalue weighted by Gasteiger charge is -2.42. The van der Waals surface area contributed by atoms with Crippen LogP contribution in [0.25, 0.3) is 0 Å². The molecule has 0 aromatic rings. The summed E-state index contributed by atoms with van der Waals surface area (Å²) in [5, 5.41) is 3.65. The molecule has 0 spiro atoms. The molecule has 0 radical (unpaired) electrons. The molecule has 3 nitrogen and oxygen atoms in total. The standard InChI is InChI=1S/C14H28N2OS/c1-2-5-15-12-14(3-8-17-9-4-14)13-16-6-10-18-11-7-16/h15H,2-13H2,1H3. The molecule has 0 amide bonds. The van der Waals surface area contributed by atoms with Gasteiger partial charge in [0.2, 0.25) is 0 Å². The van der Waals surface area contributed by atoms with E-state index in [9.17, 15) is 0 Å². The normalized spacial score (nSPS) is 25.2. The summed E-state index contributed by atoms with van der Waals surface area (Å²) in [5.41, 5.74) is 0.468. The van der Waals surface area contributed by atoms with Crippen molar-refractivity contribution in [3.8, 4) is 0 Å². The zero-order valence-electron chi connectivity index (χ0n) is 11.7. The molecule has 2 aliphatic rings. The van der Waals surface area contributed by atoms with Gasteiger partial charge in [0, 0.05) is 50.9 Å². The predicted molar refractivity (Wildman–Crippen MR) is 79.4 cm³/mol. The molecule has 18 heavy (non-hydrogen) atoms. The zero-order chi connectivity index (χ0) is 12.7. The van der Waals surface area contributed by atoms with Gasteiger partial charge in [-0.3, -0.25) is 0 Å². The van der Waals surface area contributed by atoms with Crippen LogP contribution in [-0.4, -0.2) is 62.3 Å². The number of hydrogen-bond donors (Lipinski definition) is 1. The fourth-order valence-electron chi connectivity index (χ4n) is 2.96. The van der Waals surface area contributed by atoms with Crippen LogP contribution in [-0.2, 0) is 4.74 Å². The average Bonchev–Trinajstić information content (AvgIpc) is 2.41. The molecule has 0 aromatic carbocycles. The number of nitrogens with zero attached hydrogens (tertiary/aromatic N) is 1. The minimum Gasteiger partial charge on any atom is -0.381 e. The molecule has 0 atom stereocenters. The molecular formula is C14H28N2OS. The minimum atomic E-state index is 0.468. The first kappa shape index (κ1) is 14.6. The van der Waals surface area contributed by atoms with Gasteiger partial charge in [-0.05, 0) is 31.2 Å². The Morgan fingerprint density at radius 1 is 1.22 bits per heavy atom. The second-order valence-electron chi connectivity index (χ2n) is 5.68. The van der Waals surface area contributed by atoms with Gasteiger partial charge < -0.3 is 15.0 Å². The van der Waals surface area contributed by atoms with Crippen molar-refractivity contribution < 1.29 is 4.74 Å². The monoisotopic (exact) mass is 272 g/mol. The Labute approximate surface area is 116 Å². The molecule has 0 bridgehead atoms. The van der Waals surface area contributed by atoms with Gasteiger partial charge in [-0.2, -0.15) is 11.8 Å². The lowest BCUT2D eigenvalue weighted by molar-refractivity contribution is -0.00284. The van der Waals surface area contributed by atoms with E-state index >= 15 is 0 Å². The number of ether oxygens (including phenoxy) is 1. The van der Waals surface area contributed by atoms with E-state index in [-0.39, 0.29) is 0 Å². The Morgan fingerprint density at radius 2 is 1.94 bits per heavy atom. The van der Waals surface area contributed by atoms with E-state index in [2.05, 4.69) is 28.9 Å². The van der Waals surface area contributed by atoms with E-state index in [1.807, 2.05) is 0 Å². The molecular weight excluding hydrogens is 244 g/mol. The molecule has 2 saturated heterocycles. The summed E-state index contributed by atoms with van der Waals surface area (Å²) in [7, 11) is 0. The third-order valence-electron chi connectivity index (χ3n) is 4.14. The lowest BCUT2D eigenvalue weighted by Crippen LogP contribution is -2.49. The van der Waals surface area contributed by atoms with Crippen LogP contribution in [0, 0.1) is 5.41 Å². The molecule has 106 valence electrons. The summed E-state index contributed by atoms with van der Waals surface area (Å²) in [4.78, 5) is 2.68. The summed E-state index contributed by atoms with van der Waals surface area (Å²) >= 11 is 2.10. The van der Waals surface area contributed by atoms with Gasteiger partial charge in [0.1, 0.15) is 0 Å². The number of rotatable bonds is 6. The SMILES string of the molecule is CCCNCC1(CN2CCSCC2)CCOCC1. The van der Waals surface area contributed by atoms with Crippen LogP contribution >= 0.6 is 11.8 Å². The maximum Gasteiger partial charge on any atom is 0.0472 e. The van der Waals surface area contributed by atoms with E-state index in [4.69, 9.17) is 4.74 Å². The Hall–Kier alpha value is 0.230. The van der Waals surface area contributed by atoms with Gasteiger partial charge in [0.05, 0.1) is 0 Å². The van der Waals surface area contributed by atoms with E-state index < -0.39 is 0 Å². The predicted octanol–water partition coefficient (Wildman–Crippen LogP) is 1.83. The van der Waals surface area contributed by atoms with Gasteiger partial charge >= 0.3 is 0 Å². The van der Waals surface area contributed by atoms with Crippen molar-refractivity contribution in [2.24, 2.45) is 5.41 Å². The van der Waals surface area contributed by atoms with Gasteiger partial charge in [0.25, 0.3) is 0 Å². The van der Waals surface area contributed by atoms with Crippen molar-refractivity contribution in [2.75, 3.05) is 57.4 Å². The molecule has 1 N–H and O–H groups in total. The molecule has 0 aliphatic carbocycles. The van der Waals surface area contributed by atoms with Crippen molar-refractivity contribution in [1.82, 2.24) is 10.2 Å². The van der Waals surface area contributed by atoms with E-state index in [1.165, 1.54) is 56.9 Å². The zero-order valence-corrected chi connectivity index (χ0v) is 12.6. The van der Waals surface area contributed by atoms with Crippen LogP contribution in [0.1, 0.15) is 26.2 Å². The Bertz CT molecular complexity index is 226. The van der Waals surface area contributed by atoms with E-state index in [0.717, 1.165) is 19.8 Å². The highest BCUT2D eigenvalue weighted by Crippen LogP contribution is 2.31. The summed E-state index contributed by atoms with van der Waals surface area (Å²) < 4.78 is 5.57. The molecule has 0 saturated carbocycles. The number of thioether (sulfide) groups is 1. The number of hydrogen-bond acceptors (Lipinski definition) is 4. The molecule has 2 rings (SSSR count). The smallest absolute Gasteiger partial charge is 0.0472 e. The van der Waals surface area contributed by atoms with E-state index in [1.54, 1.807) is 0 Å². The highest BCUT2D eigenvalue weighted by Gasteiger charge is 2.34. The lowest BCUT2D eigenvalue weighted by atomic mass is 9.79. The van der Waals surface area contributed by atoms with Gasteiger partial charge in [0.15, 0.2) is 0 Å². The second-order valence-corrected chi connectivity index (χ2v) is 6.90.